The van der Waals surface area contributed by atoms with Crippen molar-refractivity contribution in [1.82, 2.24) is 4.90 Å². The maximum absolute atomic E-state index is 12.7. The molecule has 0 saturated carbocycles. The van der Waals surface area contributed by atoms with Gasteiger partial charge in [0.15, 0.2) is 0 Å². The number of carbonyl (C=O) groups excluding carboxylic acids is 1. The van der Waals surface area contributed by atoms with Crippen molar-refractivity contribution in [2.45, 2.75) is 51.7 Å². The summed E-state index contributed by atoms with van der Waals surface area (Å²) in [6, 6.07) is 6.30. The van der Waals surface area contributed by atoms with Crippen LogP contribution in [0.2, 0.25) is 0 Å². The Morgan fingerprint density at radius 1 is 1.21 bits per heavy atom. The first kappa shape index (κ1) is 17.2. The monoisotopic (exact) mass is 332 g/mol. The molecule has 2 saturated heterocycles. The van der Waals surface area contributed by atoms with Crippen molar-refractivity contribution < 1.29 is 14.3 Å². The summed E-state index contributed by atoms with van der Waals surface area (Å²) in [6.45, 7) is 6.85. The number of rotatable bonds is 4. The maximum Gasteiger partial charge on any atom is 0.322 e. The zero-order valence-electron chi connectivity index (χ0n) is 14.7. The molecule has 24 heavy (non-hydrogen) atoms. The first-order valence-electron chi connectivity index (χ1n) is 9.12. The molecule has 132 valence electrons. The molecule has 0 aliphatic carbocycles. The Hall–Kier alpha value is -1.59. The topological polar surface area (TPSA) is 50.8 Å². The molecule has 2 heterocycles. The van der Waals surface area contributed by atoms with Crippen LogP contribution in [0.3, 0.4) is 0 Å². The van der Waals surface area contributed by atoms with Gasteiger partial charge >= 0.3 is 6.03 Å². The summed E-state index contributed by atoms with van der Waals surface area (Å²) in [7, 11) is 0. The Balaban J connectivity index is 1.65. The number of hydrogen-bond acceptors (Lipinski definition) is 3. The number of urea groups is 1. The number of hydrogen-bond donors (Lipinski definition) is 1. The SMILES string of the molecule is CCc1ccc(CC)c(NC(=O)N2CCOC(C3CCCO3)C2)c1. The highest BCUT2D eigenvalue weighted by molar-refractivity contribution is 5.90. The van der Waals surface area contributed by atoms with E-state index in [9.17, 15) is 4.79 Å². The summed E-state index contributed by atoms with van der Waals surface area (Å²) >= 11 is 0. The molecule has 5 heteroatoms. The van der Waals surface area contributed by atoms with E-state index in [4.69, 9.17) is 9.47 Å². The standard InChI is InChI=1S/C19H28N2O3/c1-3-14-7-8-15(4-2)16(12-14)20-19(22)21-9-11-24-18(13-21)17-6-5-10-23-17/h7-8,12,17-18H,3-6,9-11,13H2,1-2H3,(H,20,22). The van der Waals surface area contributed by atoms with Gasteiger partial charge in [-0.25, -0.2) is 4.79 Å². The Morgan fingerprint density at radius 3 is 2.75 bits per heavy atom. The van der Waals surface area contributed by atoms with Gasteiger partial charge in [0.1, 0.15) is 6.10 Å². The minimum absolute atomic E-state index is 0.000350. The number of nitrogens with zero attached hydrogens (tertiary/aromatic N) is 1. The van der Waals surface area contributed by atoms with Crippen molar-refractivity contribution in [2.75, 3.05) is 31.6 Å². The molecule has 1 aromatic rings. The molecule has 2 atom stereocenters. The van der Waals surface area contributed by atoms with E-state index in [0.717, 1.165) is 38.0 Å². The van der Waals surface area contributed by atoms with E-state index >= 15 is 0 Å². The smallest absolute Gasteiger partial charge is 0.322 e. The van der Waals surface area contributed by atoms with Crippen LogP contribution in [0.4, 0.5) is 10.5 Å². The largest absolute Gasteiger partial charge is 0.375 e. The highest BCUT2D eigenvalue weighted by atomic mass is 16.5. The summed E-state index contributed by atoms with van der Waals surface area (Å²) in [4.78, 5) is 14.6. The second kappa shape index (κ2) is 7.99. The summed E-state index contributed by atoms with van der Waals surface area (Å²) in [5.74, 6) is 0. The molecule has 5 nitrogen and oxygen atoms in total. The molecular weight excluding hydrogens is 304 g/mol. The number of benzene rings is 1. The van der Waals surface area contributed by atoms with Gasteiger partial charge in [0.25, 0.3) is 0 Å². The molecule has 1 aromatic carbocycles. The molecule has 0 radical (unpaired) electrons. The summed E-state index contributed by atoms with van der Waals surface area (Å²) in [5, 5.41) is 3.11. The van der Waals surface area contributed by atoms with Crippen molar-refractivity contribution in [3.05, 3.63) is 29.3 Å². The van der Waals surface area contributed by atoms with Gasteiger partial charge < -0.3 is 19.7 Å². The molecule has 0 spiro atoms. The third-order valence-corrected chi connectivity index (χ3v) is 4.97. The molecule has 1 N–H and O–H groups in total. The van der Waals surface area contributed by atoms with E-state index in [0.29, 0.717) is 19.7 Å². The van der Waals surface area contributed by atoms with E-state index in [2.05, 4.69) is 37.4 Å². The van der Waals surface area contributed by atoms with Crippen molar-refractivity contribution in [2.24, 2.45) is 0 Å². The van der Waals surface area contributed by atoms with Gasteiger partial charge in [-0.2, -0.15) is 0 Å². The molecule has 0 bridgehead atoms. The van der Waals surface area contributed by atoms with Crippen LogP contribution in [0.5, 0.6) is 0 Å². The fraction of sp³-hybridized carbons (Fsp3) is 0.632. The average Bonchev–Trinajstić information content (AvgIpc) is 3.16. The van der Waals surface area contributed by atoms with Gasteiger partial charge in [-0.3, -0.25) is 0 Å². The van der Waals surface area contributed by atoms with Crippen molar-refractivity contribution >= 4 is 11.7 Å². The van der Waals surface area contributed by atoms with E-state index in [1.807, 2.05) is 4.90 Å². The predicted molar refractivity (Wildman–Crippen MR) is 94.5 cm³/mol. The number of anilines is 1. The van der Waals surface area contributed by atoms with E-state index < -0.39 is 0 Å². The normalized spacial score (nSPS) is 24.2. The molecular formula is C19H28N2O3. The van der Waals surface area contributed by atoms with Crippen molar-refractivity contribution in [3.63, 3.8) is 0 Å². The van der Waals surface area contributed by atoms with Crippen LogP contribution in [0.25, 0.3) is 0 Å². The Kier molecular flexibility index (Phi) is 5.74. The van der Waals surface area contributed by atoms with E-state index in [1.54, 1.807) is 0 Å². The lowest BCUT2D eigenvalue weighted by Crippen LogP contribution is -2.51. The zero-order chi connectivity index (χ0) is 16.9. The highest BCUT2D eigenvalue weighted by Crippen LogP contribution is 2.23. The van der Waals surface area contributed by atoms with Gasteiger partial charge in [0.05, 0.1) is 19.3 Å². The van der Waals surface area contributed by atoms with Crippen molar-refractivity contribution in [1.29, 1.82) is 0 Å². The number of ether oxygens (including phenoxy) is 2. The number of carbonyl (C=O) groups is 1. The van der Waals surface area contributed by atoms with Crippen LogP contribution in [0, 0.1) is 0 Å². The van der Waals surface area contributed by atoms with Gasteiger partial charge in [-0.05, 0) is 42.9 Å². The minimum atomic E-state index is -0.0377. The Labute approximate surface area is 144 Å². The first-order valence-corrected chi connectivity index (χ1v) is 9.12. The van der Waals surface area contributed by atoms with Gasteiger partial charge in [0, 0.05) is 18.8 Å². The molecule has 2 aliphatic heterocycles. The highest BCUT2D eigenvalue weighted by Gasteiger charge is 2.32. The van der Waals surface area contributed by atoms with E-state index in [1.165, 1.54) is 11.1 Å². The lowest BCUT2D eigenvalue weighted by atomic mass is 10.1. The molecule has 2 amide bonds. The van der Waals surface area contributed by atoms with Crippen LogP contribution >= 0.6 is 0 Å². The van der Waals surface area contributed by atoms with Crippen LogP contribution in [-0.4, -0.2) is 49.4 Å². The summed E-state index contributed by atoms with van der Waals surface area (Å²) < 4.78 is 11.5. The summed E-state index contributed by atoms with van der Waals surface area (Å²) in [5.41, 5.74) is 3.34. The van der Waals surface area contributed by atoms with E-state index in [-0.39, 0.29) is 18.2 Å². The third kappa shape index (κ3) is 3.90. The molecule has 2 unspecified atom stereocenters. The van der Waals surface area contributed by atoms with Gasteiger partial charge in [-0.1, -0.05) is 26.0 Å². The van der Waals surface area contributed by atoms with Crippen LogP contribution < -0.4 is 5.32 Å². The molecule has 0 aromatic heterocycles. The number of nitrogens with one attached hydrogen (secondary N) is 1. The maximum atomic E-state index is 12.7. The quantitative estimate of drug-likeness (QED) is 0.921. The zero-order valence-corrected chi connectivity index (χ0v) is 14.7. The average molecular weight is 332 g/mol. The number of amides is 2. The Morgan fingerprint density at radius 2 is 2.04 bits per heavy atom. The van der Waals surface area contributed by atoms with Crippen molar-refractivity contribution in [3.8, 4) is 0 Å². The molecule has 2 fully saturated rings. The predicted octanol–water partition coefficient (Wildman–Crippen LogP) is 3.22. The van der Waals surface area contributed by atoms with Crippen LogP contribution in [0.1, 0.15) is 37.8 Å². The van der Waals surface area contributed by atoms with Gasteiger partial charge in [0.2, 0.25) is 0 Å². The summed E-state index contributed by atoms with van der Waals surface area (Å²) in [6.07, 6.45) is 4.11. The van der Waals surface area contributed by atoms with Gasteiger partial charge in [-0.15, -0.1) is 0 Å². The molecule has 3 rings (SSSR count). The minimum Gasteiger partial charge on any atom is -0.375 e. The Bertz CT molecular complexity index is 570. The lowest BCUT2D eigenvalue weighted by molar-refractivity contribution is -0.0839. The van der Waals surface area contributed by atoms with Crippen LogP contribution in [-0.2, 0) is 22.3 Å². The van der Waals surface area contributed by atoms with Crippen LogP contribution in [0.15, 0.2) is 18.2 Å². The lowest BCUT2D eigenvalue weighted by Gasteiger charge is -2.35. The molecule has 2 aliphatic rings. The number of aryl methyl sites for hydroxylation is 2. The third-order valence-electron chi connectivity index (χ3n) is 4.97. The second-order valence-electron chi connectivity index (χ2n) is 6.54. The first-order chi connectivity index (χ1) is 11.7. The fourth-order valence-electron chi connectivity index (χ4n) is 3.44. The fourth-order valence-corrected chi connectivity index (χ4v) is 3.44. The second-order valence-corrected chi connectivity index (χ2v) is 6.54. The number of morpholine rings is 1.